The maximum absolute atomic E-state index is 11.1. The van der Waals surface area contributed by atoms with Crippen molar-refractivity contribution in [2.24, 2.45) is 0 Å². The van der Waals surface area contributed by atoms with Crippen molar-refractivity contribution >= 4 is 22.9 Å². The first-order valence-corrected chi connectivity index (χ1v) is 8.79. The normalized spacial score (nSPS) is 10.4. The van der Waals surface area contributed by atoms with E-state index in [0.29, 0.717) is 6.61 Å². The number of hydrogen-bond donors (Lipinski definition) is 0. The zero-order valence-electron chi connectivity index (χ0n) is 15.5. The molecule has 0 radical (unpaired) electrons. The van der Waals surface area contributed by atoms with Gasteiger partial charge in [0.25, 0.3) is 0 Å². The third-order valence-corrected chi connectivity index (χ3v) is 3.77. The molecule has 0 aliphatic heterocycles. The molecule has 0 aliphatic carbocycles. The summed E-state index contributed by atoms with van der Waals surface area (Å²) in [6, 6.07) is 18.0. The third kappa shape index (κ3) is 5.24. The van der Waals surface area contributed by atoms with Crippen LogP contribution in [0, 0.1) is 0 Å². The van der Waals surface area contributed by atoms with Crippen LogP contribution in [0.15, 0.2) is 66.9 Å². The van der Waals surface area contributed by atoms with E-state index < -0.39 is 0 Å². The zero-order valence-corrected chi connectivity index (χ0v) is 15.5. The molecule has 0 saturated carbocycles. The van der Waals surface area contributed by atoms with Crippen LogP contribution < -0.4 is 4.74 Å². The number of fused-ring (bicyclic) bond motifs is 1. The number of nitrogens with zero attached hydrogens (tertiary/aromatic N) is 1. The molecule has 0 atom stereocenters. The Morgan fingerprint density at radius 3 is 2.50 bits per heavy atom. The largest absolute Gasteiger partial charge is 0.492 e. The number of benzene rings is 2. The van der Waals surface area contributed by atoms with E-state index in [1.165, 1.54) is 24.1 Å². The smallest absolute Gasteiger partial charge is 0.330 e. The number of ether oxygens (including phenoxy) is 2. The predicted molar refractivity (Wildman–Crippen MR) is 106 cm³/mol. The fourth-order valence-corrected chi connectivity index (χ4v) is 2.50. The van der Waals surface area contributed by atoms with Crippen LogP contribution in [0.25, 0.3) is 17.0 Å². The van der Waals surface area contributed by atoms with Crippen molar-refractivity contribution < 1.29 is 14.3 Å². The standard InChI is InChI=1S/C20H19NO3.C2H6/c1-23-20(22)11-8-16-6-9-18(10-7-16)24-15-14-21-13-12-17-4-2-3-5-19(17)21;1-2/h2-13H,14-15H2,1H3;1-2H3/b11-8+;. The summed E-state index contributed by atoms with van der Waals surface area (Å²) in [5, 5.41) is 1.24. The summed E-state index contributed by atoms with van der Waals surface area (Å²) in [7, 11) is 1.36. The van der Waals surface area contributed by atoms with Gasteiger partial charge in [-0.05, 0) is 41.3 Å². The van der Waals surface area contributed by atoms with Gasteiger partial charge in [0.15, 0.2) is 0 Å². The Morgan fingerprint density at radius 2 is 1.77 bits per heavy atom. The molecule has 3 aromatic rings. The van der Waals surface area contributed by atoms with Gasteiger partial charge in [0, 0.05) is 17.8 Å². The molecule has 4 nitrogen and oxygen atoms in total. The number of rotatable bonds is 6. The van der Waals surface area contributed by atoms with Gasteiger partial charge in [-0.3, -0.25) is 0 Å². The lowest BCUT2D eigenvalue weighted by atomic mass is 10.2. The van der Waals surface area contributed by atoms with Crippen molar-refractivity contribution in [1.82, 2.24) is 4.57 Å². The second kappa shape index (κ2) is 10.1. The van der Waals surface area contributed by atoms with Gasteiger partial charge in [-0.25, -0.2) is 4.79 Å². The first kappa shape index (κ1) is 19.3. The van der Waals surface area contributed by atoms with E-state index in [4.69, 9.17) is 4.74 Å². The molecular formula is C22H25NO3. The molecule has 3 rings (SSSR count). The summed E-state index contributed by atoms with van der Waals surface area (Å²) in [5.74, 6) is 0.441. The second-order valence-electron chi connectivity index (χ2n) is 5.34. The summed E-state index contributed by atoms with van der Waals surface area (Å²) in [6.45, 7) is 5.38. The maximum atomic E-state index is 11.1. The quantitative estimate of drug-likeness (QED) is 0.467. The van der Waals surface area contributed by atoms with Crippen molar-refractivity contribution in [2.75, 3.05) is 13.7 Å². The molecule has 136 valence electrons. The Kier molecular flexibility index (Phi) is 7.49. The highest BCUT2D eigenvalue weighted by atomic mass is 16.5. The highest BCUT2D eigenvalue weighted by Gasteiger charge is 2.00. The van der Waals surface area contributed by atoms with Crippen molar-refractivity contribution in [3.63, 3.8) is 0 Å². The van der Waals surface area contributed by atoms with Crippen LogP contribution in [0.2, 0.25) is 0 Å². The Bertz CT molecular complexity index is 847. The van der Waals surface area contributed by atoms with Crippen molar-refractivity contribution in [1.29, 1.82) is 0 Å². The SMILES string of the molecule is CC.COC(=O)/C=C/c1ccc(OCCn2ccc3ccccc32)cc1. The number of carbonyl (C=O) groups is 1. The monoisotopic (exact) mass is 351 g/mol. The molecular weight excluding hydrogens is 326 g/mol. The lowest BCUT2D eigenvalue weighted by molar-refractivity contribution is -0.134. The van der Waals surface area contributed by atoms with Crippen molar-refractivity contribution in [3.05, 3.63) is 72.4 Å². The van der Waals surface area contributed by atoms with Gasteiger partial charge in [0.2, 0.25) is 0 Å². The van der Waals surface area contributed by atoms with Crippen LogP contribution in [0.5, 0.6) is 5.75 Å². The molecule has 0 aliphatic rings. The highest BCUT2D eigenvalue weighted by Crippen LogP contribution is 2.16. The summed E-state index contributed by atoms with van der Waals surface area (Å²) < 4.78 is 12.5. The van der Waals surface area contributed by atoms with Crippen LogP contribution in [-0.4, -0.2) is 24.3 Å². The number of esters is 1. The average molecular weight is 351 g/mol. The van der Waals surface area contributed by atoms with E-state index in [0.717, 1.165) is 17.9 Å². The first-order valence-electron chi connectivity index (χ1n) is 8.79. The topological polar surface area (TPSA) is 40.5 Å². The van der Waals surface area contributed by atoms with Crippen LogP contribution in [0.1, 0.15) is 19.4 Å². The van der Waals surface area contributed by atoms with Crippen molar-refractivity contribution in [3.8, 4) is 5.75 Å². The number of carbonyl (C=O) groups excluding carboxylic acids is 1. The third-order valence-electron chi connectivity index (χ3n) is 3.77. The van der Waals surface area contributed by atoms with Crippen LogP contribution in [0.4, 0.5) is 0 Å². The number of methoxy groups -OCH3 is 1. The lowest BCUT2D eigenvalue weighted by Gasteiger charge is -2.08. The molecule has 0 N–H and O–H groups in total. The minimum absolute atomic E-state index is 0.366. The summed E-state index contributed by atoms with van der Waals surface area (Å²) >= 11 is 0. The molecule has 0 amide bonds. The molecule has 0 spiro atoms. The lowest BCUT2D eigenvalue weighted by Crippen LogP contribution is -2.07. The van der Waals surface area contributed by atoms with Gasteiger partial charge in [0.1, 0.15) is 12.4 Å². The van der Waals surface area contributed by atoms with E-state index >= 15 is 0 Å². The van der Waals surface area contributed by atoms with Gasteiger partial charge in [-0.15, -0.1) is 0 Å². The fraction of sp³-hybridized carbons (Fsp3) is 0.227. The fourth-order valence-electron chi connectivity index (χ4n) is 2.50. The van der Waals surface area contributed by atoms with Crippen molar-refractivity contribution in [2.45, 2.75) is 20.4 Å². The highest BCUT2D eigenvalue weighted by molar-refractivity contribution is 5.86. The molecule has 4 heteroatoms. The van der Waals surface area contributed by atoms with E-state index in [-0.39, 0.29) is 5.97 Å². The first-order chi connectivity index (χ1) is 12.8. The Labute approximate surface area is 154 Å². The Morgan fingerprint density at radius 1 is 1.04 bits per heavy atom. The summed E-state index contributed by atoms with van der Waals surface area (Å²) in [4.78, 5) is 11.1. The molecule has 26 heavy (non-hydrogen) atoms. The van der Waals surface area contributed by atoms with Gasteiger partial charge in [-0.2, -0.15) is 0 Å². The molecule has 0 unspecified atom stereocenters. The molecule has 1 heterocycles. The van der Waals surface area contributed by atoms with E-state index in [2.05, 4.69) is 33.7 Å². The minimum Gasteiger partial charge on any atom is -0.492 e. The second-order valence-corrected chi connectivity index (χ2v) is 5.34. The zero-order chi connectivity index (χ0) is 18.8. The van der Waals surface area contributed by atoms with Gasteiger partial charge >= 0.3 is 5.97 Å². The Balaban J connectivity index is 0.00000117. The van der Waals surface area contributed by atoms with E-state index in [9.17, 15) is 4.79 Å². The number of aromatic nitrogens is 1. The minimum atomic E-state index is -0.366. The number of hydrogen-bond acceptors (Lipinski definition) is 3. The maximum Gasteiger partial charge on any atom is 0.330 e. The molecule has 0 saturated heterocycles. The number of para-hydroxylation sites is 1. The van der Waals surface area contributed by atoms with Crippen LogP contribution in [0.3, 0.4) is 0 Å². The molecule has 2 aromatic carbocycles. The van der Waals surface area contributed by atoms with E-state index in [1.807, 2.05) is 50.2 Å². The molecule has 0 fully saturated rings. The molecule has 1 aromatic heterocycles. The van der Waals surface area contributed by atoms with Crippen LogP contribution in [-0.2, 0) is 16.1 Å². The van der Waals surface area contributed by atoms with Gasteiger partial charge in [-0.1, -0.05) is 44.2 Å². The average Bonchev–Trinajstić information content (AvgIpc) is 3.12. The molecule has 0 bridgehead atoms. The van der Waals surface area contributed by atoms with E-state index in [1.54, 1.807) is 6.08 Å². The van der Waals surface area contributed by atoms with Gasteiger partial charge in [0.05, 0.1) is 13.7 Å². The van der Waals surface area contributed by atoms with Gasteiger partial charge < -0.3 is 14.0 Å². The Hall–Kier alpha value is -3.01. The summed E-state index contributed by atoms with van der Waals surface area (Å²) in [6.07, 6.45) is 5.18. The predicted octanol–water partition coefficient (Wildman–Crippen LogP) is 4.93. The summed E-state index contributed by atoms with van der Waals surface area (Å²) in [5.41, 5.74) is 2.13. The van der Waals surface area contributed by atoms with Crippen LogP contribution >= 0.6 is 0 Å².